The number of aliphatic hydroxyl groups is 1. The van der Waals surface area contributed by atoms with Crippen LogP contribution in [0.1, 0.15) is 17.7 Å². The predicted molar refractivity (Wildman–Crippen MR) is 61.3 cm³/mol. The van der Waals surface area contributed by atoms with E-state index in [2.05, 4.69) is 5.32 Å². The standard InChI is InChI=1S/C10H13NO4S/c1-7(13)11-9-4-2-8(3-5-9)10(6-12)16(14)15/h2-5,10,12H,6H2,1H3,(H,11,13)(H,14,15). The molecule has 2 unspecified atom stereocenters. The summed E-state index contributed by atoms with van der Waals surface area (Å²) in [4.78, 5) is 10.8. The smallest absolute Gasteiger partial charge is 0.221 e. The molecule has 6 heteroatoms. The van der Waals surface area contributed by atoms with Gasteiger partial charge in [-0.1, -0.05) is 12.1 Å². The molecule has 0 spiro atoms. The number of amides is 1. The highest BCUT2D eigenvalue weighted by Crippen LogP contribution is 2.20. The van der Waals surface area contributed by atoms with Crippen LogP contribution in [0, 0.1) is 0 Å². The molecule has 0 saturated carbocycles. The van der Waals surface area contributed by atoms with Gasteiger partial charge in [0.1, 0.15) is 5.25 Å². The molecule has 0 aliphatic heterocycles. The summed E-state index contributed by atoms with van der Waals surface area (Å²) in [7, 11) is 0. The van der Waals surface area contributed by atoms with Gasteiger partial charge in [-0.3, -0.25) is 4.79 Å². The molecule has 0 aliphatic carbocycles. The maximum Gasteiger partial charge on any atom is 0.221 e. The molecule has 16 heavy (non-hydrogen) atoms. The first kappa shape index (κ1) is 12.8. The molecule has 0 aromatic heterocycles. The molecule has 0 fully saturated rings. The van der Waals surface area contributed by atoms with Gasteiger partial charge in [-0.05, 0) is 17.7 Å². The van der Waals surface area contributed by atoms with E-state index >= 15 is 0 Å². The molecular formula is C10H13NO4S. The first-order chi connectivity index (χ1) is 7.54. The van der Waals surface area contributed by atoms with Crippen molar-refractivity contribution < 1.29 is 18.7 Å². The summed E-state index contributed by atoms with van der Waals surface area (Å²) >= 11 is -2.11. The van der Waals surface area contributed by atoms with Crippen molar-refractivity contribution in [3.05, 3.63) is 29.8 Å². The van der Waals surface area contributed by atoms with E-state index in [1.807, 2.05) is 0 Å². The van der Waals surface area contributed by atoms with Gasteiger partial charge in [0.05, 0.1) is 6.61 Å². The Morgan fingerprint density at radius 3 is 2.38 bits per heavy atom. The van der Waals surface area contributed by atoms with Gasteiger partial charge in [0.2, 0.25) is 5.91 Å². The van der Waals surface area contributed by atoms with Crippen molar-refractivity contribution >= 4 is 22.7 Å². The average Bonchev–Trinajstić information content (AvgIpc) is 2.20. The Hall–Kier alpha value is -1.24. The number of hydrogen-bond donors (Lipinski definition) is 3. The van der Waals surface area contributed by atoms with Crippen LogP contribution in [-0.2, 0) is 15.9 Å². The Bertz CT molecular complexity index is 390. The lowest BCUT2D eigenvalue weighted by Gasteiger charge is -2.10. The third-order valence-electron chi connectivity index (χ3n) is 2.01. The van der Waals surface area contributed by atoms with Crippen molar-refractivity contribution in [2.45, 2.75) is 12.2 Å². The van der Waals surface area contributed by atoms with Crippen LogP contribution in [0.5, 0.6) is 0 Å². The van der Waals surface area contributed by atoms with Crippen LogP contribution in [0.15, 0.2) is 24.3 Å². The second kappa shape index (κ2) is 5.74. The Morgan fingerprint density at radius 1 is 1.44 bits per heavy atom. The number of hydrogen-bond acceptors (Lipinski definition) is 3. The third kappa shape index (κ3) is 3.41. The molecule has 0 aliphatic rings. The van der Waals surface area contributed by atoms with E-state index in [4.69, 9.17) is 9.66 Å². The Kier molecular flexibility index (Phi) is 4.60. The van der Waals surface area contributed by atoms with E-state index in [9.17, 15) is 9.00 Å². The van der Waals surface area contributed by atoms with Crippen LogP contribution < -0.4 is 5.32 Å². The highest BCUT2D eigenvalue weighted by atomic mass is 32.2. The second-order valence-electron chi connectivity index (χ2n) is 3.25. The largest absolute Gasteiger partial charge is 0.395 e. The van der Waals surface area contributed by atoms with Crippen LogP contribution >= 0.6 is 0 Å². The minimum Gasteiger partial charge on any atom is -0.395 e. The number of carbonyl (C=O) groups is 1. The van der Waals surface area contributed by atoms with E-state index < -0.39 is 22.9 Å². The minimum absolute atomic E-state index is 0.183. The Balaban J connectivity index is 2.85. The number of nitrogens with one attached hydrogen (secondary N) is 1. The van der Waals surface area contributed by atoms with Crippen molar-refractivity contribution in [1.82, 2.24) is 0 Å². The van der Waals surface area contributed by atoms with Crippen LogP contribution in [0.2, 0.25) is 0 Å². The quantitative estimate of drug-likeness (QED) is 0.686. The summed E-state index contributed by atoms with van der Waals surface area (Å²) in [5.74, 6) is -0.183. The van der Waals surface area contributed by atoms with E-state index in [0.29, 0.717) is 11.3 Å². The number of aliphatic hydroxyl groups excluding tert-OH is 1. The van der Waals surface area contributed by atoms with Gasteiger partial charge in [0.25, 0.3) is 0 Å². The van der Waals surface area contributed by atoms with Crippen molar-refractivity contribution in [1.29, 1.82) is 0 Å². The van der Waals surface area contributed by atoms with Gasteiger partial charge in [-0.2, -0.15) is 0 Å². The fourth-order valence-electron chi connectivity index (χ4n) is 1.27. The van der Waals surface area contributed by atoms with Crippen molar-refractivity contribution in [2.24, 2.45) is 0 Å². The lowest BCUT2D eigenvalue weighted by molar-refractivity contribution is -0.114. The number of rotatable bonds is 4. The second-order valence-corrected chi connectivity index (χ2v) is 4.37. The number of carbonyl (C=O) groups excluding carboxylic acids is 1. The highest BCUT2D eigenvalue weighted by Gasteiger charge is 2.16. The molecule has 0 radical (unpaired) electrons. The Morgan fingerprint density at radius 2 is 2.00 bits per heavy atom. The predicted octanol–water partition coefficient (Wildman–Crippen LogP) is 0.900. The first-order valence-electron chi connectivity index (χ1n) is 4.62. The van der Waals surface area contributed by atoms with Crippen LogP contribution in [-0.4, -0.2) is 26.4 Å². The summed E-state index contributed by atoms with van der Waals surface area (Å²) in [6.45, 7) is 0.996. The molecule has 1 rings (SSSR count). The van der Waals surface area contributed by atoms with Gasteiger partial charge in [-0.15, -0.1) is 0 Å². The maximum absolute atomic E-state index is 10.9. The van der Waals surface area contributed by atoms with Crippen LogP contribution in [0.25, 0.3) is 0 Å². The monoisotopic (exact) mass is 243 g/mol. The van der Waals surface area contributed by atoms with Gasteiger partial charge < -0.3 is 15.0 Å². The normalized spacial score (nSPS) is 14.2. The Labute approximate surface area is 95.8 Å². The molecule has 1 aromatic carbocycles. The topological polar surface area (TPSA) is 86.6 Å². The van der Waals surface area contributed by atoms with Crippen molar-refractivity contribution in [3.63, 3.8) is 0 Å². The van der Waals surface area contributed by atoms with Crippen molar-refractivity contribution in [2.75, 3.05) is 11.9 Å². The van der Waals surface area contributed by atoms with Gasteiger partial charge in [-0.25, -0.2) is 4.21 Å². The van der Waals surface area contributed by atoms with Crippen molar-refractivity contribution in [3.8, 4) is 0 Å². The fraction of sp³-hybridized carbons (Fsp3) is 0.300. The summed E-state index contributed by atoms with van der Waals surface area (Å²) in [5, 5.41) is 10.7. The molecule has 3 N–H and O–H groups in total. The zero-order chi connectivity index (χ0) is 12.1. The van der Waals surface area contributed by atoms with E-state index in [1.165, 1.54) is 6.92 Å². The fourth-order valence-corrected chi connectivity index (χ4v) is 1.79. The molecule has 1 aromatic rings. The molecule has 2 atom stereocenters. The first-order valence-corrected chi connectivity index (χ1v) is 5.79. The van der Waals surface area contributed by atoms with E-state index in [-0.39, 0.29) is 5.91 Å². The molecular weight excluding hydrogens is 230 g/mol. The molecule has 88 valence electrons. The summed E-state index contributed by atoms with van der Waals surface area (Å²) in [5.41, 5.74) is 1.16. The molecule has 0 saturated heterocycles. The van der Waals surface area contributed by atoms with E-state index in [1.54, 1.807) is 24.3 Å². The highest BCUT2D eigenvalue weighted by molar-refractivity contribution is 7.79. The summed E-state index contributed by atoms with van der Waals surface area (Å²) in [6.07, 6.45) is 0. The zero-order valence-electron chi connectivity index (χ0n) is 8.71. The van der Waals surface area contributed by atoms with Gasteiger partial charge in [0, 0.05) is 12.6 Å². The van der Waals surface area contributed by atoms with Crippen LogP contribution in [0.4, 0.5) is 5.69 Å². The lowest BCUT2D eigenvalue weighted by Crippen LogP contribution is -2.10. The van der Waals surface area contributed by atoms with Crippen LogP contribution in [0.3, 0.4) is 0 Å². The average molecular weight is 243 g/mol. The SMILES string of the molecule is CC(=O)Nc1ccc(C(CO)S(=O)O)cc1. The maximum atomic E-state index is 10.9. The number of benzene rings is 1. The summed E-state index contributed by atoms with van der Waals surface area (Å²) < 4.78 is 19.8. The van der Waals surface area contributed by atoms with Gasteiger partial charge in [0.15, 0.2) is 11.1 Å². The molecule has 0 heterocycles. The molecule has 1 amide bonds. The lowest BCUT2D eigenvalue weighted by atomic mass is 10.1. The molecule has 5 nitrogen and oxygen atoms in total. The minimum atomic E-state index is -2.11. The number of anilines is 1. The third-order valence-corrected chi connectivity index (χ3v) is 2.92. The van der Waals surface area contributed by atoms with E-state index in [0.717, 1.165) is 0 Å². The molecule has 0 bridgehead atoms. The summed E-state index contributed by atoms with van der Waals surface area (Å²) in [6, 6.07) is 6.43. The van der Waals surface area contributed by atoms with Gasteiger partial charge >= 0.3 is 0 Å². The zero-order valence-corrected chi connectivity index (χ0v) is 9.53.